The molecule has 0 aromatic heterocycles. The van der Waals surface area contributed by atoms with Crippen LogP contribution in [0.2, 0.25) is 0 Å². The maximum absolute atomic E-state index is 13.4. The zero-order valence-corrected chi connectivity index (χ0v) is 12.0. The van der Waals surface area contributed by atoms with E-state index in [1.807, 2.05) is 0 Å². The highest BCUT2D eigenvalue weighted by atomic mass is 19.1. The Hall–Kier alpha value is -1.42. The van der Waals surface area contributed by atoms with Crippen molar-refractivity contribution in [3.8, 4) is 0 Å². The highest BCUT2D eigenvalue weighted by Crippen LogP contribution is 2.28. The van der Waals surface area contributed by atoms with E-state index in [1.54, 1.807) is 18.2 Å². The smallest absolute Gasteiger partial charge is 0.238 e. The molecule has 110 valence electrons. The number of nitrogens with one attached hydrogen (secondary N) is 2. The lowest BCUT2D eigenvalue weighted by atomic mass is 9.80. The van der Waals surface area contributed by atoms with Gasteiger partial charge < -0.3 is 10.6 Å². The second-order valence-electron chi connectivity index (χ2n) is 5.68. The minimum atomic E-state index is -0.401. The Labute approximate surface area is 120 Å². The second-order valence-corrected chi connectivity index (χ2v) is 5.68. The molecule has 1 saturated carbocycles. The molecule has 2 atom stereocenters. The molecule has 0 saturated heterocycles. The van der Waals surface area contributed by atoms with Crippen molar-refractivity contribution < 1.29 is 9.18 Å². The van der Waals surface area contributed by atoms with Crippen LogP contribution in [0.15, 0.2) is 24.3 Å². The number of hydrogen-bond acceptors (Lipinski definition) is 2. The van der Waals surface area contributed by atoms with Gasteiger partial charge in [0, 0.05) is 0 Å². The van der Waals surface area contributed by atoms with E-state index in [4.69, 9.17) is 0 Å². The monoisotopic (exact) mass is 278 g/mol. The van der Waals surface area contributed by atoms with Crippen LogP contribution in [0.5, 0.6) is 0 Å². The topological polar surface area (TPSA) is 41.1 Å². The van der Waals surface area contributed by atoms with Gasteiger partial charge in [0.15, 0.2) is 0 Å². The zero-order chi connectivity index (χ0) is 14.4. The summed E-state index contributed by atoms with van der Waals surface area (Å²) in [7, 11) is 0. The average molecular weight is 278 g/mol. The van der Waals surface area contributed by atoms with E-state index in [9.17, 15) is 9.18 Å². The minimum absolute atomic E-state index is 0.196. The first-order valence-corrected chi connectivity index (χ1v) is 7.42. The van der Waals surface area contributed by atoms with Gasteiger partial charge in [-0.05, 0) is 36.9 Å². The molecule has 1 aliphatic rings. The van der Waals surface area contributed by atoms with Gasteiger partial charge in [0.2, 0.25) is 5.91 Å². The van der Waals surface area contributed by atoms with Crippen LogP contribution in [0.25, 0.3) is 0 Å². The first-order chi connectivity index (χ1) is 9.66. The number of benzene rings is 1. The lowest BCUT2D eigenvalue weighted by Crippen LogP contribution is -2.34. The summed E-state index contributed by atoms with van der Waals surface area (Å²) in [5.74, 6) is 0.788. The van der Waals surface area contributed by atoms with Crippen molar-refractivity contribution in [1.82, 2.24) is 5.32 Å². The number of rotatable bonds is 5. The molecule has 1 amide bonds. The molecular weight excluding hydrogens is 255 g/mol. The van der Waals surface area contributed by atoms with E-state index in [-0.39, 0.29) is 18.1 Å². The highest BCUT2D eigenvalue weighted by Gasteiger charge is 2.20. The molecule has 2 rings (SSSR count). The molecule has 20 heavy (non-hydrogen) atoms. The van der Waals surface area contributed by atoms with Gasteiger partial charge in [-0.15, -0.1) is 0 Å². The summed E-state index contributed by atoms with van der Waals surface area (Å²) in [6.45, 7) is 3.38. The summed E-state index contributed by atoms with van der Waals surface area (Å²) in [4.78, 5) is 11.7. The van der Waals surface area contributed by atoms with Crippen LogP contribution in [0.3, 0.4) is 0 Å². The van der Waals surface area contributed by atoms with Crippen LogP contribution in [0.1, 0.15) is 32.6 Å². The number of anilines is 1. The fourth-order valence-electron chi connectivity index (χ4n) is 2.82. The maximum Gasteiger partial charge on any atom is 0.238 e. The van der Waals surface area contributed by atoms with Gasteiger partial charge in [0.25, 0.3) is 0 Å². The standard InChI is InChI=1S/C16H23FN2O/c1-12-6-2-3-7-13(12)10-18-11-16(20)19-15-9-5-4-8-14(15)17/h4-5,8-9,12-13,18H,2-3,6-7,10-11H2,1H3,(H,19,20). The van der Waals surface area contributed by atoms with Crippen LogP contribution >= 0.6 is 0 Å². The molecular formula is C16H23FN2O. The molecule has 1 aromatic rings. The largest absolute Gasteiger partial charge is 0.322 e. The number of carbonyl (C=O) groups is 1. The third kappa shape index (κ3) is 4.30. The summed E-state index contributed by atoms with van der Waals surface area (Å²) in [6.07, 6.45) is 5.14. The van der Waals surface area contributed by atoms with Gasteiger partial charge in [-0.1, -0.05) is 38.3 Å². The Kier molecular flexibility index (Phi) is 5.53. The van der Waals surface area contributed by atoms with Crippen molar-refractivity contribution >= 4 is 11.6 Å². The molecule has 0 heterocycles. The van der Waals surface area contributed by atoms with Crippen LogP contribution in [0.4, 0.5) is 10.1 Å². The molecule has 0 radical (unpaired) electrons. The van der Waals surface area contributed by atoms with Crippen LogP contribution in [0, 0.1) is 17.7 Å². The summed E-state index contributed by atoms with van der Waals surface area (Å²) >= 11 is 0. The van der Waals surface area contributed by atoms with Crippen molar-refractivity contribution in [3.05, 3.63) is 30.1 Å². The first-order valence-electron chi connectivity index (χ1n) is 7.42. The third-order valence-electron chi connectivity index (χ3n) is 4.13. The summed E-state index contributed by atoms with van der Waals surface area (Å²) in [5, 5.41) is 5.77. The number of para-hydroxylation sites is 1. The van der Waals surface area contributed by atoms with E-state index >= 15 is 0 Å². The first kappa shape index (κ1) is 15.0. The molecule has 2 unspecified atom stereocenters. The summed E-state index contributed by atoms with van der Waals surface area (Å²) < 4.78 is 13.4. The lowest BCUT2D eigenvalue weighted by Gasteiger charge is -2.28. The molecule has 0 aliphatic heterocycles. The Morgan fingerprint density at radius 2 is 2.05 bits per heavy atom. The van der Waals surface area contributed by atoms with E-state index in [0.717, 1.165) is 12.5 Å². The molecule has 1 aliphatic carbocycles. The normalized spacial score (nSPS) is 22.5. The molecule has 3 nitrogen and oxygen atoms in total. The Morgan fingerprint density at radius 1 is 1.30 bits per heavy atom. The molecule has 0 spiro atoms. The number of halogens is 1. The quantitative estimate of drug-likeness (QED) is 0.868. The van der Waals surface area contributed by atoms with E-state index in [2.05, 4.69) is 17.6 Å². The molecule has 2 N–H and O–H groups in total. The summed E-state index contributed by atoms with van der Waals surface area (Å²) in [6, 6.07) is 6.22. The zero-order valence-electron chi connectivity index (χ0n) is 12.0. The number of amides is 1. The third-order valence-corrected chi connectivity index (χ3v) is 4.13. The van der Waals surface area contributed by atoms with Crippen molar-refractivity contribution in [2.24, 2.45) is 11.8 Å². The van der Waals surface area contributed by atoms with Crippen LogP contribution in [-0.2, 0) is 4.79 Å². The van der Waals surface area contributed by atoms with E-state index < -0.39 is 5.82 Å². The molecule has 1 fully saturated rings. The van der Waals surface area contributed by atoms with Crippen molar-refractivity contribution in [3.63, 3.8) is 0 Å². The van der Waals surface area contributed by atoms with Crippen molar-refractivity contribution in [2.75, 3.05) is 18.4 Å². The second kappa shape index (κ2) is 7.39. The lowest BCUT2D eigenvalue weighted by molar-refractivity contribution is -0.115. The van der Waals surface area contributed by atoms with Gasteiger partial charge in [-0.2, -0.15) is 0 Å². The van der Waals surface area contributed by atoms with Crippen LogP contribution in [-0.4, -0.2) is 19.0 Å². The number of carbonyl (C=O) groups excluding carboxylic acids is 1. The maximum atomic E-state index is 13.4. The Morgan fingerprint density at radius 3 is 2.80 bits per heavy atom. The molecule has 1 aromatic carbocycles. The predicted molar refractivity (Wildman–Crippen MR) is 79.0 cm³/mol. The van der Waals surface area contributed by atoms with Crippen molar-refractivity contribution in [1.29, 1.82) is 0 Å². The SMILES string of the molecule is CC1CCCCC1CNCC(=O)Nc1ccccc1F. The average Bonchev–Trinajstić information content (AvgIpc) is 2.43. The Bertz CT molecular complexity index is 450. The van der Waals surface area contributed by atoms with Crippen LogP contribution < -0.4 is 10.6 Å². The Balaban J connectivity index is 1.71. The minimum Gasteiger partial charge on any atom is -0.322 e. The van der Waals surface area contributed by atoms with Gasteiger partial charge in [0.05, 0.1) is 12.2 Å². The molecule has 0 bridgehead atoms. The van der Waals surface area contributed by atoms with Crippen molar-refractivity contribution in [2.45, 2.75) is 32.6 Å². The van der Waals surface area contributed by atoms with Gasteiger partial charge in [0.1, 0.15) is 5.82 Å². The van der Waals surface area contributed by atoms with E-state index in [1.165, 1.54) is 31.7 Å². The van der Waals surface area contributed by atoms with Gasteiger partial charge >= 0.3 is 0 Å². The van der Waals surface area contributed by atoms with Gasteiger partial charge in [-0.25, -0.2) is 4.39 Å². The number of hydrogen-bond donors (Lipinski definition) is 2. The highest BCUT2D eigenvalue weighted by molar-refractivity contribution is 5.92. The summed E-state index contributed by atoms with van der Waals surface area (Å²) in [5.41, 5.74) is 0.241. The predicted octanol–water partition coefficient (Wildman–Crippen LogP) is 3.18. The van der Waals surface area contributed by atoms with Gasteiger partial charge in [-0.3, -0.25) is 4.79 Å². The van der Waals surface area contributed by atoms with E-state index in [0.29, 0.717) is 5.92 Å². The fourth-order valence-corrected chi connectivity index (χ4v) is 2.82. The fraction of sp³-hybridized carbons (Fsp3) is 0.562. The molecule has 4 heteroatoms.